The van der Waals surface area contributed by atoms with Gasteiger partial charge >= 0.3 is 11.8 Å². The first-order valence-electron chi connectivity index (χ1n) is 6.13. The van der Waals surface area contributed by atoms with E-state index in [1.165, 1.54) is 0 Å². The molecule has 1 aromatic rings. The molecule has 1 rings (SSSR count). The third kappa shape index (κ3) is 3.58. The molecule has 0 aliphatic heterocycles. The number of aryl methyl sites for hydroxylation is 2. The van der Waals surface area contributed by atoms with Crippen LogP contribution >= 0.6 is 0 Å². The molecule has 0 aliphatic carbocycles. The van der Waals surface area contributed by atoms with Gasteiger partial charge in [0, 0.05) is 11.7 Å². The summed E-state index contributed by atoms with van der Waals surface area (Å²) in [6.45, 7) is 7.61. The molecule has 1 aromatic carbocycles. The molecule has 0 heterocycles. The minimum absolute atomic E-state index is 0.00113. The lowest BCUT2D eigenvalue weighted by molar-refractivity contribution is -0.136. The fourth-order valence-electron chi connectivity index (χ4n) is 1.57. The summed E-state index contributed by atoms with van der Waals surface area (Å²) in [6.07, 6.45) is 0.794. The zero-order valence-corrected chi connectivity index (χ0v) is 11.3. The lowest BCUT2D eigenvalue weighted by Gasteiger charge is -2.13. The van der Waals surface area contributed by atoms with Gasteiger partial charge in [-0.3, -0.25) is 9.59 Å². The van der Waals surface area contributed by atoms with E-state index in [-0.39, 0.29) is 6.04 Å². The monoisotopic (exact) mass is 248 g/mol. The van der Waals surface area contributed by atoms with E-state index in [1.807, 2.05) is 45.9 Å². The van der Waals surface area contributed by atoms with Gasteiger partial charge in [-0.1, -0.05) is 25.1 Å². The number of para-hydroxylation sites is 1. The lowest BCUT2D eigenvalue weighted by atomic mass is 10.1. The molecule has 0 unspecified atom stereocenters. The van der Waals surface area contributed by atoms with Crippen molar-refractivity contribution in [2.24, 2.45) is 0 Å². The van der Waals surface area contributed by atoms with Crippen LogP contribution in [0.15, 0.2) is 18.2 Å². The van der Waals surface area contributed by atoms with Crippen molar-refractivity contribution in [1.29, 1.82) is 0 Å². The van der Waals surface area contributed by atoms with Crippen molar-refractivity contribution in [2.45, 2.75) is 40.2 Å². The molecule has 18 heavy (non-hydrogen) atoms. The smallest absolute Gasteiger partial charge is 0.313 e. The summed E-state index contributed by atoms with van der Waals surface area (Å²) in [5, 5.41) is 5.29. The van der Waals surface area contributed by atoms with Crippen LogP contribution in [0.4, 0.5) is 5.69 Å². The van der Waals surface area contributed by atoms with Crippen LogP contribution in [0, 0.1) is 13.8 Å². The van der Waals surface area contributed by atoms with Gasteiger partial charge in [0.15, 0.2) is 0 Å². The Morgan fingerprint density at radius 1 is 1.17 bits per heavy atom. The number of anilines is 1. The molecule has 4 heteroatoms. The third-order valence-corrected chi connectivity index (χ3v) is 2.92. The van der Waals surface area contributed by atoms with Gasteiger partial charge in [0.05, 0.1) is 0 Å². The van der Waals surface area contributed by atoms with E-state index in [2.05, 4.69) is 10.6 Å². The second kappa shape index (κ2) is 6.19. The summed E-state index contributed by atoms with van der Waals surface area (Å²) >= 11 is 0. The first-order valence-corrected chi connectivity index (χ1v) is 6.13. The van der Waals surface area contributed by atoms with Gasteiger partial charge in [-0.25, -0.2) is 0 Å². The predicted molar refractivity (Wildman–Crippen MR) is 72.4 cm³/mol. The van der Waals surface area contributed by atoms with Crippen molar-refractivity contribution in [3.8, 4) is 0 Å². The van der Waals surface area contributed by atoms with Crippen molar-refractivity contribution in [1.82, 2.24) is 5.32 Å². The first-order chi connectivity index (χ1) is 8.45. The molecule has 2 N–H and O–H groups in total. The number of hydrogen-bond donors (Lipinski definition) is 2. The maximum absolute atomic E-state index is 11.7. The molecule has 0 bridgehead atoms. The SMILES string of the molecule is CC[C@@H](C)NC(=O)C(=O)Nc1c(C)cccc1C. The molecular formula is C14H20N2O2. The zero-order chi connectivity index (χ0) is 13.7. The first kappa shape index (κ1) is 14.2. The highest BCUT2D eigenvalue weighted by atomic mass is 16.2. The van der Waals surface area contributed by atoms with Gasteiger partial charge in [-0.15, -0.1) is 0 Å². The molecule has 4 nitrogen and oxygen atoms in total. The standard InChI is InChI=1S/C14H20N2O2/c1-5-11(4)15-13(17)14(18)16-12-9(2)7-6-8-10(12)3/h6-8,11H,5H2,1-4H3,(H,15,17)(H,16,18)/t11-/m1/s1. The minimum Gasteiger partial charge on any atom is -0.345 e. The van der Waals surface area contributed by atoms with E-state index in [4.69, 9.17) is 0 Å². The highest BCUT2D eigenvalue weighted by Crippen LogP contribution is 2.19. The van der Waals surface area contributed by atoms with Crippen molar-refractivity contribution in [2.75, 3.05) is 5.32 Å². The van der Waals surface area contributed by atoms with E-state index in [1.54, 1.807) is 0 Å². The van der Waals surface area contributed by atoms with Crippen molar-refractivity contribution >= 4 is 17.5 Å². The van der Waals surface area contributed by atoms with Crippen LogP contribution in [0.1, 0.15) is 31.4 Å². The van der Waals surface area contributed by atoms with E-state index < -0.39 is 11.8 Å². The molecule has 0 spiro atoms. The molecule has 0 aromatic heterocycles. The highest BCUT2D eigenvalue weighted by Gasteiger charge is 2.16. The van der Waals surface area contributed by atoms with E-state index in [0.717, 1.165) is 17.5 Å². The zero-order valence-electron chi connectivity index (χ0n) is 11.3. The maximum Gasteiger partial charge on any atom is 0.313 e. The molecular weight excluding hydrogens is 228 g/mol. The molecule has 0 saturated heterocycles. The van der Waals surface area contributed by atoms with Gasteiger partial charge in [0.1, 0.15) is 0 Å². The van der Waals surface area contributed by atoms with Crippen LogP contribution < -0.4 is 10.6 Å². The largest absolute Gasteiger partial charge is 0.345 e. The van der Waals surface area contributed by atoms with E-state index >= 15 is 0 Å². The normalized spacial score (nSPS) is 11.8. The second-order valence-electron chi connectivity index (χ2n) is 4.50. The number of carbonyl (C=O) groups is 2. The van der Waals surface area contributed by atoms with Crippen LogP contribution in [0.3, 0.4) is 0 Å². The quantitative estimate of drug-likeness (QED) is 0.805. The van der Waals surface area contributed by atoms with Gasteiger partial charge in [0.2, 0.25) is 0 Å². The van der Waals surface area contributed by atoms with E-state index in [9.17, 15) is 9.59 Å². The molecule has 0 fully saturated rings. The van der Waals surface area contributed by atoms with Crippen LogP contribution in [0.2, 0.25) is 0 Å². The number of carbonyl (C=O) groups excluding carboxylic acids is 2. The van der Waals surface area contributed by atoms with Crippen molar-refractivity contribution in [3.05, 3.63) is 29.3 Å². The molecule has 2 amide bonds. The van der Waals surface area contributed by atoms with Crippen molar-refractivity contribution < 1.29 is 9.59 Å². The lowest BCUT2D eigenvalue weighted by Crippen LogP contribution is -2.40. The Hall–Kier alpha value is -1.84. The van der Waals surface area contributed by atoms with Crippen LogP contribution in [0.25, 0.3) is 0 Å². The molecule has 0 saturated carbocycles. The Kier molecular flexibility index (Phi) is 4.89. The van der Waals surface area contributed by atoms with Crippen LogP contribution in [-0.2, 0) is 9.59 Å². The highest BCUT2D eigenvalue weighted by molar-refractivity contribution is 6.39. The fraction of sp³-hybridized carbons (Fsp3) is 0.429. The summed E-state index contributed by atoms with van der Waals surface area (Å²) in [6, 6.07) is 5.71. The van der Waals surface area contributed by atoms with Gasteiger partial charge < -0.3 is 10.6 Å². The van der Waals surface area contributed by atoms with Gasteiger partial charge in [-0.05, 0) is 38.3 Å². The summed E-state index contributed by atoms with van der Waals surface area (Å²) in [7, 11) is 0. The minimum atomic E-state index is -0.618. The van der Waals surface area contributed by atoms with Crippen molar-refractivity contribution in [3.63, 3.8) is 0 Å². The average Bonchev–Trinajstić information content (AvgIpc) is 2.33. The summed E-state index contributed by atoms with van der Waals surface area (Å²) < 4.78 is 0. The number of hydrogen-bond acceptors (Lipinski definition) is 2. The Balaban J connectivity index is 2.73. The summed E-state index contributed by atoms with van der Waals surface area (Å²) in [4.78, 5) is 23.4. The predicted octanol–water partition coefficient (Wildman–Crippen LogP) is 2.16. The average molecular weight is 248 g/mol. The number of nitrogens with one attached hydrogen (secondary N) is 2. The molecule has 1 atom stereocenters. The Bertz CT molecular complexity index is 435. The number of rotatable bonds is 3. The second-order valence-corrected chi connectivity index (χ2v) is 4.50. The number of benzene rings is 1. The molecule has 0 aliphatic rings. The van der Waals surface area contributed by atoms with Crippen LogP contribution in [0.5, 0.6) is 0 Å². The topological polar surface area (TPSA) is 58.2 Å². The Morgan fingerprint density at radius 2 is 1.72 bits per heavy atom. The van der Waals surface area contributed by atoms with Gasteiger partial charge in [-0.2, -0.15) is 0 Å². The Labute approximate surface area is 108 Å². The third-order valence-electron chi connectivity index (χ3n) is 2.92. The summed E-state index contributed by atoms with van der Waals surface area (Å²) in [5.74, 6) is -1.21. The van der Waals surface area contributed by atoms with E-state index in [0.29, 0.717) is 5.69 Å². The maximum atomic E-state index is 11.7. The molecule has 0 radical (unpaired) electrons. The van der Waals surface area contributed by atoms with Crippen LogP contribution in [-0.4, -0.2) is 17.9 Å². The molecule has 98 valence electrons. The summed E-state index contributed by atoms with van der Waals surface area (Å²) in [5.41, 5.74) is 2.60. The fourth-order valence-corrected chi connectivity index (χ4v) is 1.57. The number of amides is 2. The Morgan fingerprint density at radius 3 is 2.22 bits per heavy atom. The van der Waals surface area contributed by atoms with Gasteiger partial charge in [0.25, 0.3) is 0 Å².